The summed E-state index contributed by atoms with van der Waals surface area (Å²) in [5, 5.41) is 6.35. The first-order chi connectivity index (χ1) is 26.7. The van der Waals surface area contributed by atoms with Gasteiger partial charge in [-0.3, -0.25) is 34.1 Å². The minimum atomic E-state index is -0.351. The van der Waals surface area contributed by atoms with Crippen LogP contribution in [0.1, 0.15) is 80.3 Å². The second kappa shape index (κ2) is 15.8. The number of pyridine rings is 2. The second-order valence-corrected chi connectivity index (χ2v) is 15.4. The molecule has 0 bridgehead atoms. The van der Waals surface area contributed by atoms with Gasteiger partial charge in [0.2, 0.25) is 11.9 Å². The molecule has 3 amide bonds. The molecule has 3 aromatic heterocycles. The number of imide groups is 1. The number of Topliss-reactive ketones (excluding diaryl/α,β-unsaturated/α-hetero) is 1. The van der Waals surface area contributed by atoms with Gasteiger partial charge in [-0.25, -0.2) is 14.8 Å². The molecular weight excluding hydrogens is 697 g/mol. The minimum Gasteiger partial charge on any atom is -0.372 e. The SMILES string of the molecule is CC(=O)c1c(C)c2cnc(Nc3ccc(N4CCN(CCC5CCN(c6ccc(N7CCC(=O)NC7=O)cc6)CC5)CC4)cn3)nc2n(C2CCCC2)c1=O. The average Bonchev–Trinajstić information content (AvgIpc) is 3.73. The molecule has 2 N–H and O–H groups in total. The Labute approximate surface area is 320 Å². The summed E-state index contributed by atoms with van der Waals surface area (Å²) in [4.78, 5) is 72.8. The quantitative estimate of drug-likeness (QED) is 0.200. The maximum atomic E-state index is 13.6. The summed E-state index contributed by atoms with van der Waals surface area (Å²) < 4.78 is 1.73. The number of rotatable bonds is 10. The number of nitrogens with zero attached hydrogens (tertiary/aromatic N) is 8. The van der Waals surface area contributed by atoms with Gasteiger partial charge in [0.05, 0.1) is 17.4 Å². The normalized spacial score (nSPS) is 19.0. The lowest BCUT2D eigenvalue weighted by Crippen LogP contribution is -2.49. The number of piperazine rings is 1. The topological polar surface area (TPSA) is 149 Å². The Bertz CT molecular complexity index is 2110. The molecule has 4 aromatic rings. The summed E-state index contributed by atoms with van der Waals surface area (Å²) >= 11 is 0. The van der Waals surface area contributed by atoms with E-state index >= 15 is 0 Å². The van der Waals surface area contributed by atoms with Crippen molar-refractivity contribution in [3.8, 4) is 0 Å². The van der Waals surface area contributed by atoms with Crippen LogP contribution in [-0.2, 0) is 4.79 Å². The van der Waals surface area contributed by atoms with E-state index in [1.807, 2.05) is 24.4 Å². The van der Waals surface area contributed by atoms with E-state index in [0.29, 0.717) is 35.9 Å². The summed E-state index contributed by atoms with van der Waals surface area (Å²) in [5.41, 5.74) is 4.24. The lowest BCUT2D eigenvalue weighted by molar-refractivity contribution is -0.120. The highest BCUT2D eigenvalue weighted by Gasteiger charge is 2.28. The van der Waals surface area contributed by atoms with E-state index in [9.17, 15) is 19.2 Å². The van der Waals surface area contributed by atoms with Gasteiger partial charge in [0.15, 0.2) is 5.78 Å². The zero-order valence-corrected chi connectivity index (χ0v) is 31.8. The van der Waals surface area contributed by atoms with Crippen molar-refractivity contribution in [1.82, 2.24) is 29.7 Å². The van der Waals surface area contributed by atoms with Crippen LogP contribution in [-0.4, -0.2) is 94.5 Å². The van der Waals surface area contributed by atoms with Crippen LogP contribution in [0.5, 0.6) is 0 Å². The molecule has 14 heteroatoms. The van der Waals surface area contributed by atoms with Crippen LogP contribution in [0, 0.1) is 12.8 Å². The number of amides is 3. The van der Waals surface area contributed by atoms with Crippen molar-refractivity contribution >= 4 is 57.6 Å². The predicted molar refractivity (Wildman–Crippen MR) is 214 cm³/mol. The van der Waals surface area contributed by atoms with Gasteiger partial charge in [0.25, 0.3) is 5.56 Å². The van der Waals surface area contributed by atoms with Gasteiger partial charge in [0.1, 0.15) is 11.5 Å². The van der Waals surface area contributed by atoms with Crippen molar-refractivity contribution in [3.05, 3.63) is 70.3 Å². The van der Waals surface area contributed by atoms with Gasteiger partial charge in [-0.15, -0.1) is 0 Å². The summed E-state index contributed by atoms with van der Waals surface area (Å²) in [5.74, 6) is 1.26. The molecule has 14 nitrogen and oxygen atoms in total. The molecule has 0 radical (unpaired) electrons. The van der Waals surface area contributed by atoms with E-state index < -0.39 is 0 Å². The van der Waals surface area contributed by atoms with Gasteiger partial charge in [-0.05, 0) is 100 Å². The van der Waals surface area contributed by atoms with Crippen LogP contribution in [0.25, 0.3) is 11.0 Å². The summed E-state index contributed by atoms with van der Waals surface area (Å²) in [6.45, 7) is 10.8. The number of nitrogens with one attached hydrogen (secondary N) is 2. The monoisotopic (exact) mass is 746 g/mol. The first kappa shape index (κ1) is 36.6. The number of aromatic nitrogens is 4. The zero-order valence-electron chi connectivity index (χ0n) is 31.8. The Morgan fingerprint density at radius 1 is 0.818 bits per heavy atom. The fourth-order valence-electron chi connectivity index (χ4n) is 8.80. The number of carbonyl (C=O) groups excluding carboxylic acids is 3. The molecule has 1 aromatic carbocycles. The molecule has 3 saturated heterocycles. The third-order valence-electron chi connectivity index (χ3n) is 12.0. The molecule has 0 unspecified atom stereocenters. The maximum absolute atomic E-state index is 13.6. The third kappa shape index (κ3) is 7.77. The molecule has 288 valence electrons. The smallest absolute Gasteiger partial charge is 0.328 e. The number of anilines is 5. The highest BCUT2D eigenvalue weighted by atomic mass is 16.2. The van der Waals surface area contributed by atoms with Crippen LogP contribution >= 0.6 is 0 Å². The van der Waals surface area contributed by atoms with E-state index in [2.05, 4.69) is 53.5 Å². The minimum absolute atomic E-state index is 0.0260. The number of fused-ring (bicyclic) bond motifs is 1. The van der Waals surface area contributed by atoms with Gasteiger partial charge in [-0.1, -0.05) is 12.8 Å². The first-order valence-corrected chi connectivity index (χ1v) is 19.8. The van der Waals surface area contributed by atoms with Crippen molar-refractivity contribution in [2.45, 2.75) is 71.3 Å². The lowest BCUT2D eigenvalue weighted by Gasteiger charge is -2.38. The van der Waals surface area contributed by atoms with Crippen molar-refractivity contribution in [1.29, 1.82) is 0 Å². The van der Waals surface area contributed by atoms with E-state index in [-0.39, 0.29) is 34.9 Å². The number of hydrogen-bond acceptors (Lipinski definition) is 11. The van der Waals surface area contributed by atoms with Crippen LogP contribution in [0.3, 0.4) is 0 Å². The zero-order chi connectivity index (χ0) is 38.1. The van der Waals surface area contributed by atoms with Crippen LogP contribution in [0.4, 0.5) is 33.6 Å². The number of benzene rings is 1. The number of hydrogen-bond donors (Lipinski definition) is 2. The number of urea groups is 1. The average molecular weight is 747 g/mol. The van der Waals surface area contributed by atoms with Crippen molar-refractivity contribution < 1.29 is 14.4 Å². The molecule has 6 heterocycles. The highest BCUT2D eigenvalue weighted by Crippen LogP contribution is 2.33. The Morgan fingerprint density at radius 3 is 2.18 bits per heavy atom. The second-order valence-electron chi connectivity index (χ2n) is 15.4. The number of carbonyl (C=O) groups is 3. The van der Waals surface area contributed by atoms with Gasteiger partial charge >= 0.3 is 6.03 Å². The molecule has 0 atom stereocenters. The van der Waals surface area contributed by atoms with Gasteiger partial charge < -0.3 is 15.1 Å². The molecule has 0 spiro atoms. The van der Waals surface area contributed by atoms with E-state index in [4.69, 9.17) is 4.98 Å². The molecule has 1 saturated carbocycles. The number of ketones is 1. The maximum Gasteiger partial charge on any atom is 0.328 e. The predicted octanol–water partition coefficient (Wildman–Crippen LogP) is 5.43. The Morgan fingerprint density at radius 2 is 1.51 bits per heavy atom. The standard InChI is InChI=1S/C41H50N10O4/c1-27-34-26-43-40(46-38(34)51(32-5-3-4-6-32)39(54)37(27)28(2)52)44-35-12-11-33(25-42-35)49-23-21-47(22-24-49)17-13-29-14-18-48(19-15-29)30-7-9-31(10-8-30)50-20-16-36(53)45-41(50)55/h7-12,25-26,29,32H,3-6,13-24H2,1-2H3,(H,45,53,55)(H,42,43,44,46). The van der Waals surface area contributed by atoms with Gasteiger partial charge in [-0.2, -0.15) is 4.98 Å². The molecule has 4 aliphatic rings. The van der Waals surface area contributed by atoms with E-state index in [1.54, 1.807) is 22.6 Å². The van der Waals surface area contributed by atoms with Crippen LogP contribution in [0.2, 0.25) is 0 Å². The fourth-order valence-corrected chi connectivity index (χ4v) is 8.80. The Balaban J connectivity index is 0.808. The molecule has 55 heavy (non-hydrogen) atoms. The largest absolute Gasteiger partial charge is 0.372 e. The number of piperidine rings is 1. The van der Waals surface area contributed by atoms with Crippen molar-refractivity contribution in [3.63, 3.8) is 0 Å². The summed E-state index contributed by atoms with van der Waals surface area (Å²) in [6.07, 6.45) is 11.4. The lowest BCUT2D eigenvalue weighted by atomic mass is 9.93. The van der Waals surface area contributed by atoms with Crippen LogP contribution in [0.15, 0.2) is 53.6 Å². The first-order valence-electron chi connectivity index (χ1n) is 19.8. The Hall–Kier alpha value is -5.37. The Kier molecular flexibility index (Phi) is 10.5. The van der Waals surface area contributed by atoms with Crippen LogP contribution < -0.4 is 30.9 Å². The van der Waals surface area contributed by atoms with Crippen molar-refractivity contribution in [2.75, 3.05) is 72.4 Å². The molecule has 4 fully saturated rings. The summed E-state index contributed by atoms with van der Waals surface area (Å²) in [6, 6.07) is 11.8. The fraction of sp³-hybridized carbons (Fsp3) is 0.488. The van der Waals surface area contributed by atoms with E-state index in [0.717, 1.165) is 94.2 Å². The van der Waals surface area contributed by atoms with Crippen molar-refractivity contribution in [2.24, 2.45) is 5.92 Å². The molecule has 3 aliphatic heterocycles. The van der Waals surface area contributed by atoms with Gasteiger partial charge in [0, 0.05) is 81.2 Å². The summed E-state index contributed by atoms with van der Waals surface area (Å²) in [7, 11) is 0. The molecule has 8 rings (SSSR count). The molecular formula is C41H50N10O4. The number of aryl methyl sites for hydroxylation is 1. The molecule has 1 aliphatic carbocycles. The third-order valence-corrected chi connectivity index (χ3v) is 12.0. The van der Waals surface area contributed by atoms with E-state index in [1.165, 1.54) is 31.9 Å². The highest BCUT2D eigenvalue weighted by molar-refractivity contribution is 6.05.